The zero-order chi connectivity index (χ0) is 29.2. The minimum absolute atomic E-state index is 0.0202. The maximum atomic E-state index is 13.6. The Hall–Kier alpha value is -4.15. The third-order valence-electron chi connectivity index (χ3n) is 7.51. The highest BCUT2D eigenvalue weighted by molar-refractivity contribution is 5.88. The fourth-order valence-corrected chi connectivity index (χ4v) is 5.02. The van der Waals surface area contributed by atoms with E-state index in [1.807, 2.05) is 51.1 Å². The van der Waals surface area contributed by atoms with Crippen LogP contribution in [-0.2, 0) is 33.8 Å². The van der Waals surface area contributed by atoms with Crippen molar-refractivity contribution < 1.29 is 14.4 Å². The van der Waals surface area contributed by atoms with Gasteiger partial charge in [-0.05, 0) is 37.7 Å². The summed E-state index contributed by atoms with van der Waals surface area (Å²) in [6.45, 7) is 7.02. The smallest absolute Gasteiger partial charge is 0.243 e. The van der Waals surface area contributed by atoms with Gasteiger partial charge in [0, 0.05) is 44.5 Å². The first-order chi connectivity index (χ1) is 19.8. The van der Waals surface area contributed by atoms with Gasteiger partial charge in [0.1, 0.15) is 17.7 Å². The fourth-order valence-electron chi connectivity index (χ4n) is 5.02. The Morgan fingerprint density at radius 1 is 1.10 bits per heavy atom. The molecule has 2 aromatic heterocycles. The van der Waals surface area contributed by atoms with E-state index < -0.39 is 12.1 Å². The molecule has 11 heteroatoms. The topological polar surface area (TPSA) is 135 Å². The maximum absolute atomic E-state index is 13.6. The summed E-state index contributed by atoms with van der Waals surface area (Å²) in [5.74, 6) is 0.685. The van der Waals surface area contributed by atoms with Crippen LogP contribution in [0.3, 0.4) is 0 Å². The molecule has 3 aromatic rings. The van der Waals surface area contributed by atoms with E-state index in [2.05, 4.69) is 25.7 Å². The van der Waals surface area contributed by atoms with Gasteiger partial charge in [0.15, 0.2) is 0 Å². The van der Waals surface area contributed by atoms with Gasteiger partial charge in [-0.3, -0.25) is 24.4 Å². The zero-order valence-electron chi connectivity index (χ0n) is 24.1. The molecule has 41 heavy (non-hydrogen) atoms. The second-order valence-electron chi connectivity index (χ2n) is 10.6. The Morgan fingerprint density at radius 2 is 1.90 bits per heavy atom. The van der Waals surface area contributed by atoms with Crippen molar-refractivity contribution in [3.05, 3.63) is 71.8 Å². The van der Waals surface area contributed by atoms with Crippen molar-refractivity contribution in [3.8, 4) is 0 Å². The van der Waals surface area contributed by atoms with E-state index in [-0.39, 0.29) is 36.5 Å². The summed E-state index contributed by atoms with van der Waals surface area (Å²) in [4.78, 5) is 54.8. The number of hydrogen-bond donors (Lipinski definition) is 2. The normalized spacial score (nSPS) is 19.4. The SMILES string of the molecule is CC[C@H](C)[C@@H]1NC(=O)CCCN(C(=O)CCc2cnccn2)CCn2nc(C)nc2[C@H](Cc2ccccc2)NC1=O. The van der Waals surface area contributed by atoms with Gasteiger partial charge in [0.05, 0.1) is 18.3 Å². The summed E-state index contributed by atoms with van der Waals surface area (Å²) in [5, 5.41) is 10.8. The van der Waals surface area contributed by atoms with Crippen LogP contribution in [0.15, 0.2) is 48.9 Å². The van der Waals surface area contributed by atoms with Crippen molar-refractivity contribution in [2.45, 2.75) is 77.9 Å². The molecule has 3 amide bonds. The van der Waals surface area contributed by atoms with E-state index in [0.29, 0.717) is 50.5 Å². The van der Waals surface area contributed by atoms with Gasteiger partial charge in [-0.1, -0.05) is 50.6 Å². The number of amides is 3. The molecule has 2 N–H and O–H groups in total. The summed E-state index contributed by atoms with van der Waals surface area (Å²) in [6.07, 6.45) is 7.60. The standard InChI is InChI=1S/C30H40N8O3/c1-4-21(2)28-30(41)34-25(19-23-9-6-5-7-10-23)29-33-22(3)36-38(29)18-17-37(16-8-11-26(39)35-28)27(40)13-12-24-20-31-14-15-32-24/h5-7,9-10,14-15,20-21,25,28H,4,8,11-13,16-19H2,1-3H3,(H,34,41)(H,35,39)/t21-,25-,28-/m0/s1. The minimum Gasteiger partial charge on any atom is -0.344 e. The molecule has 1 aromatic carbocycles. The Balaban J connectivity index is 1.62. The molecule has 0 saturated heterocycles. The third-order valence-corrected chi connectivity index (χ3v) is 7.51. The monoisotopic (exact) mass is 560 g/mol. The van der Waals surface area contributed by atoms with E-state index >= 15 is 0 Å². The van der Waals surface area contributed by atoms with Gasteiger partial charge in [-0.15, -0.1) is 0 Å². The van der Waals surface area contributed by atoms with Gasteiger partial charge in [-0.2, -0.15) is 5.10 Å². The van der Waals surface area contributed by atoms with Crippen LogP contribution in [-0.4, -0.2) is 66.5 Å². The van der Waals surface area contributed by atoms with Crippen molar-refractivity contribution in [3.63, 3.8) is 0 Å². The lowest BCUT2D eigenvalue weighted by Gasteiger charge is -2.28. The first kappa shape index (κ1) is 29.8. The number of aromatic nitrogens is 5. The van der Waals surface area contributed by atoms with Crippen LogP contribution < -0.4 is 10.6 Å². The molecule has 0 spiro atoms. The largest absolute Gasteiger partial charge is 0.344 e. The number of hydrogen-bond acceptors (Lipinski definition) is 7. The van der Waals surface area contributed by atoms with Crippen LogP contribution in [0, 0.1) is 12.8 Å². The highest BCUT2D eigenvalue weighted by Crippen LogP contribution is 2.20. The van der Waals surface area contributed by atoms with E-state index in [9.17, 15) is 14.4 Å². The number of rotatable bonds is 7. The lowest BCUT2D eigenvalue weighted by atomic mass is 9.97. The average Bonchev–Trinajstić information content (AvgIpc) is 3.36. The van der Waals surface area contributed by atoms with Crippen LogP contribution >= 0.6 is 0 Å². The Bertz CT molecular complexity index is 1300. The van der Waals surface area contributed by atoms with E-state index in [0.717, 1.165) is 17.7 Å². The van der Waals surface area contributed by atoms with E-state index in [1.165, 1.54) is 0 Å². The predicted octanol–water partition coefficient (Wildman–Crippen LogP) is 2.56. The number of nitrogens with one attached hydrogen (secondary N) is 2. The molecule has 0 radical (unpaired) electrons. The van der Waals surface area contributed by atoms with Gasteiger partial charge < -0.3 is 15.5 Å². The van der Waals surface area contributed by atoms with Gasteiger partial charge in [-0.25, -0.2) is 9.67 Å². The summed E-state index contributed by atoms with van der Waals surface area (Å²) < 4.78 is 1.80. The molecule has 11 nitrogen and oxygen atoms in total. The lowest BCUT2D eigenvalue weighted by molar-refractivity contribution is -0.132. The summed E-state index contributed by atoms with van der Waals surface area (Å²) in [7, 11) is 0. The highest BCUT2D eigenvalue weighted by Gasteiger charge is 2.30. The van der Waals surface area contributed by atoms with Crippen LogP contribution in [0.2, 0.25) is 0 Å². The van der Waals surface area contributed by atoms with Crippen LogP contribution in [0.4, 0.5) is 0 Å². The Morgan fingerprint density at radius 3 is 2.63 bits per heavy atom. The molecule has 3 atom stereocenters. The molecule has 3 heterocycles. The number of benzene rings is 1. The molecule has 1 aliphatic heterocycles. The Kier molecular flexibility index (Phi) is 10.5. The molecule has 0 saturated carbocycles. The molecule has 1 aliphatic rings. The second-order valence-corrected chi connectivity index (χ2v) is 10.6. The van der Waals surface area contributed by atoms with Crippen LogP contribution in [0.5, 0.6) is 0 Å². The molecule has 0 fully saturated rings. The first-order valence-electron chi connectivity index (χ1n) is 14.4. The number of carbonyl (C=O) groups excluding carboxylic acids is 3. The molecule has 0 bridgehead atoms. The molecular formula is C30H40N8O3. The van der Waals surface area contributed by atoms with E-state index in [4.69, 9.17) is 4.98 Å². The van der Waals surface area contributed by atoms with Crippen molar-refractivity contribution >= 4 is 17.7 Å². The fraction of sp³-hybridized carbons (Fsp3) is 0.500. The zero-order valence-corrected chi connectivity index (χ0v) is 24.1. The molecular weight excluding hydrogens is 520 g/mol. The third kappa shape index (κ3) is 8.42. The molecule has 218 valence electrons. The molecule has 0 aliphatic carbocycles. The van der Waals surface area contributed by atoms with Crippen LogP contribution in [0.1, 0.15) is 68.5 Å². The van der Waals surface area contributed by atoms with Crippen molar-refractivity contribution in [1.82, 2.24) is 40.3 Å². The summed E-state index contributed by atoms with van der Waals surface area (Å²) in [5.41, 5.74) is 1.79. The second kappa shape index (κ2) is 14.5. The van der Waals surface area contributed by atoms with Crippen molar-refractivity contribution in [2.24, 2.45) is 5.92 Å². The molecule has 4 rings (SSSR count). The molecule has 0 unspecified atom stereocenters. The van der Waals surface area contributed by atoms with Gasteiger partial charge in [0.25, 0.3) is 0 Å². The van der Waals surface area contributed by atoms with Crippen molar-refractivity contribution in [2.75, 3.05) is 13.1 Å². The highest BCUT2D eigenvalue weighted by atomic mass is 16.2. The van der Waals surface area contributed by atoms with Gasteiger partial charge in [0.2, 0.25) is 17.7 Å². The summed E-state index contributed by atoms with van der Waals surface area (Å²) >= 11 is 0. The summed E-state index contributed by atoms with van der Waals surface area (Å²) in [6, 6.07) is 8.74. The quantitative estimate of drug-likeness (QED) is 0.453. The number of carbonyl (C=O) groups is 3. The van der Waals surface area contributed by atoms with Gasteiger partial charge >= 0.3 is 0 Å². The average molecular weight is 561 g/mol. The van der Waals surface area contributed by atoms with E-state index in [1.54, 1.807) is 28.2 Å². The first-order valence-corrected chi connectivity index (χ1v) is 14.4. The van der Waals surface area contributed by atoms with Crippen LogP contribution in [0.25, 0.3) is 0 Å². The lowest BCUT2D eigenvalue weighted by Crippen LogP contribution is -2.51. The van der Waals surface area contributed by atoms with Crippen molar-refractivity contribution in [1.29, 1.82) is 0 Å². The number of aryl methyl sites for hydroxylation is 2. The predicted molar refractivity (Wildman–Crippen MR) is 153 cm³/mol. The number of fused-ring (bicyclic) bond motifs is 1. The minimum atomic E-state index is -0.684. The number of nitrogens with zero attached hydrogens (tertiary/aromatic N) is 6. The maximum Gasteiger partial charge on any atom is 0.243 e. The Labute approximate surface area is 241 Å².